The molecule has 1 saturated heterocycles. The summed E-state index contributed by atoms with van der Waals surface area (Å²) in [7, 11) is 0. The summed E-state index contributed by atoms with van der Waals surface area (Å²) in [4.78, 5) is 16.7. The van der Waals surface area contributed by atoms with Crippen LogP contribution in [0.3, 0.4) is 0 Å². The molecule has 25 heavy (non-hydrogen) atoms. The van der Waals surface area contributed by atoms with Crippen molar-refractivity contribution in [3.05, 3.63) is 33.7 Å². The number of hydrogen-bond donors (Lipinski definition) is 1. The molecular formula is C17H20BrN5OS. The smallest absolute Gasteiger partial charge is 0.238 e. The molecule has 1 saturated carbocycles. The Morgan fingerprint density at radius 1 is 1.16 bits per heavy atom. The topological polar surface area (TPSA) is 61.4 Å². The highest BCUT2D eigenvalue weighted by Gasteiger charge is 2.29. The number of carbonyl (C=O) groups is 1. The normalized spacial score (nSPS) is 18.4. The van der Waals surface area contributed by atoms with Gasteiger partial charge in [0, 0.05) is 42.3 Å². The molecule has 1 aliphatic carbocycles. The van der Waals surface area contributed by atoms with Crippen molar-refractivity contribution in [2.45, 2.75) is 18.8 Å². The minimum absolute atomic E-state index is 0.0303. The number of aromatic nitrogens is 2. The second-order valence-electron chi connectivity index (χ2n) is 6.52. The third-order valence-corrected chi connectivity index (χ3v) is 6.17. The van der Waals surface area contributed by atoms with Crippen molar-refractivity contribution in [1.82, 2.24) is 15.1 Å². The van der Waals surface area contributed by atoms with Gasteiger partial charge in [0.05, 0.1) is 6.54 Å². The lowest BCUT2D eigenvalue weighted by Gasteiger charge is -2.33. The van der Waals surface area contributed by atoms with E-state index < -0.39 is 0 Å². The van der Waals surface area contributed by atoms with Crippen LogP contribution >= 0.6 is 27.3 Å². The van der Waals surface area contributed by atoms with Gasteiger partial charge in [0.2, 0.25) is 11.0 Å². The monoisotopic (exact) mass is 421 g/mol. The first-order chi connectivity index (χ1) is 12.2. The SMILES string of the molecule is O=C(CN1CCN(c2nnc(C3CC3)s2)CC1)Nc1ccc(Br)cc1. The van der Waals surface area contributed by atoms with Crippen molar-refractivity contribution in [3.8, 4) is 0 Å². The van der Waals surface area contributed by atoms with Gasteiger partial charge in [0.25, 0.3) is 0 Å². The molecule has 132 valence electrons. The van der Waals surface area contributed by atoms with Crippen LogP contribution in [-0.4, -0.2) is 53.7 Å². The van der Waals surface area contributed by atoms with E-state index in [1.54, 1.807) is 11.3 Å². The lowest BCUT2D eigenvalue weighted by Crippen LogP contribution is -2.48. The van der Waals surface area contributed by atoms with E-state index in [9.17, 15) is 4.79 Å². The van der Waals surface area contributed by atoms with Crippen LogP contribution in [-0.2, 0) is 4.79 Å². The van der Waals surface area contributed by atoms with Crippen molar-refractivity contribution >= 4 is 44.0 Å². The van der Waals surface area contributed by atoms with Crippen LogP contribution in [0.4, 0.5) is 10.8 Å². The van der Waals surface area contributed by atoms with Crippen LogP contribution in [0, 0.1) is 0 Å². The first-order valence-corrected chi connectivity index (χ1v) is 10.1. The molecule has 0 radical (unpaired) electrons. The highest BCUT2D eigenvalue weighted by atomic mass is 79.9. The van der Waals surface area contributed by atoms with Crippen molar-refractivity contribution in [2.24, 2.45) is 0 Å². The summed E-state index contributed by atoms with van der Waals surface area (Å²) in [5, 5.41) is 13.8. The lowest BCUT2D eigenvalue weighted by molar-refractivity contribution is -0.117. The fraction of sp³-hybridized carbons (Fsp3) is 0.471. The molecule has 1 aliphatic heterocycles. The fourth-order valence-electron chi connectivity index (χ4n) is 2.88. The van der Waals surface area contributed by atoms with Crippen LogP contribution < -0.4 is 10.2 Å². The van der Waals surface area contributed by atoms with Crippen molar-refractivity contribution < 1.29 is 4.79 Å². The number of carbonyl (C=O) groups excluding carboxylic acids is 1. The number of nitrogens with one attached hydrogen (secondary N) is 1. The Kier molecular flexibility index (Phi) is 5.00. The number of benzene rings is 1. The quantitative estimate of drug-likeness (QED) is 0.803. The van der Waals surface area contributed by atoms with Crippen LogP contribution in [0.2, 0.25) is 0 Å². The van der Waals surface area contributed by atoms with Crippen molar-refractivity contribution in [3.63, 3.8) is 0 Å². The average molecular weight is 422 g/mol. The molecule has 2 aromatic rings. The van der Waals surface area contributed by atoms with Gasteiger partial charge in [-0.1, -0.05) is 27.3 Å². The predicted molar refractivity (Wildman–Crippen MR) is 103 cm³/mol. The molecule has 0 spiro atoms. The molecule has 2 fully saturated rings. The molecule has 0 bridgehead atoms. The zero-order valence-electron chi connectivity index (χ0n) is 13.8. The van der Waals surface area contributed by atoms with E-state index in [0.29, 0.717) is 12.5 Å². The van der Waals surface area contributed by atoms with E-state index >= 15 is 0 Å². The molecule has 1 amide bonds. The van der Waals surface area contributed by atoms with Gasteiger partial charge in [0.15, 0.2) is 0 Å². The molecule has 0 atom stereocenters. The summed E-state index contributed by atoms with van der Waals surface area (Å²) >= 11 is 5.12. The maximum Gasteiger partial charge on any atom is 0.238 e. The van der Waals surface area contributed by atoms with Crippen LogP contribution in [0.1, 0.15) is 23.8 Å². The van der Waals surface area contributed by atoms with Crippen LogP contribution in [0.5, 0.6) is 0 Å². The number of rotatable bonds is 5. The van der Waals surface area contributed by atoms with E-state index in [4.69, 9.17) is 0 Å². The van der Waals surface area contributed by atoms with E-state index in [1.807, 2.05) is 24.3 Å². The Hall–Kier alpha value is -1.51. The molecule has 6 nitrogen and oxygen atoms in total. The highest BCUT2D eigenvalue weighted by Crippen LogP contribution is 2.42. The zero-order chi connectivity index (χ0) is 17.2. The lowest BCUT2D eigenvalue weighted by atomic mass is 10.3. The van der Waals surface area contributed by atoms with E-state index in [-0.39, 0.29) is 5.91 Å². The molecule has 1 N–H and O–H groups in total. The van der Waals surface area contributed by atoms with Crippen LogP contribution in [0.15, 0.2) is 28.7 Å². The van der Waals surface area contributed by atoms with Gasteiger partial charge in [-0.25, -0.2) is 0 Å². The van der Waals surface area contributed by atoms with Crippen LogP contribution in [0.25, 0.3) is 0 Å². The van der Waals surface area contributed by atoms with E-state index in [2.05, 4.69) is 41.2 Å². The van der Waals surface area contributed by atoms with Gasteiger partial charge in [-0.2, -0.15) is 0 Å². The first kappa shape index (κ1) is 16.9. The Bertz CT molecular complexity index is 738. The molecular weight excluding hydrogens is 402 g/mol. The number of anilines is 2. The van der Waals surface area contributed by atoms with Gasteiger partial charge in [-0.05, 0) is 37.1 Å². The number of amides is 1. The maximum absolute atomic E-state index is 12.2. The number of hydrogen-bond acceptors (Lipinski definition) is 6. The Morgan fingerprint density at radius 2 is 1.88 bits per heavy atom. The van der Waals surface area contributed by atoms with E-state index in [0.717, 1.165) is 41.5 Å². The third kappa shape index (κ3) is 4.37. The zero-order valence-corrected chi connectivity index (χ0v) is 16.2. The molecule has 2 heterocycles. The Morgan fingerprint density at radius 3 is 2.56 bits per heavy atom. The first-order valence-electron chi connectivity index (χ1n) is 8.53. The minimum atomic E-state index is 0.0303. The van der Waals surface area contributed by atoms with Gasteiger partial charge in [-0.15, -0.1) is 10.2 Å². The summed E-state index contributed by atoms with van der Waals surface area (Å²) in [6, 6.07) is 7.64. The summed E-state index contributed by atoms with van der Waals surface area (Å²) in [6.45, 7) is 3.95. The molecule has 1 aromatic heterocycles. The summed E-state index contributed by atoms with van der Waals surface area (Å²) in [5.41, 5.74) is 0.827. The molecule has 8 heteroatoms. The van der Waals surface area contributed by atoms with Gasteiger partial charge < -0.3 is 10.2 Å². The maximum atomic E-state index is 12.2. The number of halogens is 1. The second-order valence-corrected chi connectivity index (χ2v) is 8.42. The second kappa shape index (κ2) is 7.39. The van der Waals surface area contributed by atoms with Gasteiger partial charge in [0.1, 0.15) is 5.01 Å². The Balaban J connectivity index is 1.25. The highest BCUT2D eigenvalue weighted by molar-refractivity contribution is 9.10. The Labute approximate surface area is 159 Å². The van der Waals surface area contributed by atoms with Gasteiger partial charge in [-0.3, -0.25) is 9.69 Å². The molecule has 0 unspecified atom stereocenters. The fourth-order valence-corrected chi connectivity index (χ4v) is 4.21. The standard InChI is InChI=1S/C17H20BrN5OS/c18-13-3-5-14(6-4-13)19-15(24)11-22-7-9-23(10-8-22)17-21-20-16(25-17)12-1-2-12/h3-6,12H,1-2,7-11H2,(H,19,24). The summed E-state index contributed by atoms with van der Waals surface area (Å²) in [5.74, 6) is 0.692. The van der Waals surface area contributed by atoms with E-state index in [1.165, 1.54) is 17.8 Å². The van der Waals surface area contributed by atoms with Gasteiger partial charge >= 0.3 is 0 Å². The summed E-state index contributed by atoms with van der Waals surface area (Å²) < 4.78 is 1.00. The molecule has 2 aliphatic rings. The third-order valence-electron chi connectivity index (χ3n) is 4.49. The summed E-state index contributed by atoms with van der Waals surface area (Å²) in [6.07, 6.45) is 2.52. The van der Waals surface area contributed by atoms with Crippen molar-refractivity contribution in [2.75, 3.05) is 42.9 Å². The number of piperazine rings is 1. The van der Waals surface area contributed by atoms with Crippen molar-refractivity contribution in [1.29, 1.82) is 0 Å². The predicted octanol–water partition coefficient (Wildman–Crippen LogP) is 2.94. The minimum Gasteiger partial charge on any atom is -0.344 e. The average Bonchev–Trinajstić information content (AvgIpc) is 3.35. The molecule has 4 rings (SSSR count). The largest absolute Gasteiger partial charge is 0.344 e. The molecule has 1 aromatic carbocycles. The number of nitrogens with zero attached hydrogens (tertiary/aromatic N) is 4.